The van der Waals surface area contributed by atoms with Gasteiger partial charge in [0, 0.05) is 23.2 Å². The fourth-order valence-corrected chi connectivity index (χ4v) is 4.03. The lowest BCUT2D eigenvalue weighted by atomic mass is 10.1. The molecule has 5 heteroatoms. The van der Waals surface area contributed by atoms with Crippen molar-refractivity contribution in [2.24, 2.45) is 0 Å². The van der Waals surface area contributed by atoms with Crippen LogP contribution in [0, 0.1) is 11.3 Å². The number of carbonyl (C=O) groups excluding carboxylic acids is 1. The van der Waals surface area contributed by atoms with E-state index in [9.17, 15) is 10.1 Å². The topological polar surface area (TPSA) is 65.8 Å². The summed E-state index contributed by atoms with van der Waals surface area (Å²) in [5.74, 6) is 0.489. The molecule has 0 aliphatic carbocycles. The molecule has 1 aromatic heterocycles. The minimum atomic E-state index is -0.0609. The molecular weight excluding hydrogens is 390 g/mol. The van der Waals surface area contributed by atoms with Crippen LogP contribution in [0.4, 0.5) is 5.69 Å². The van der Waals surface area contributed by atoms with Crippen LogP contribution in [0.5, 0.6) is 0 Å². The highest BCUT2D eigenvalue weighted by Gasteiger charge is 2.09. The first-order valence-corrected chi connectivity index (χ1v) is 10.6. The van der Waals surface area contributed by atoms with Gasteiger partial charge in [-0.25, -0.2) is 4.98 Å². The maximum Gasteiger partial charge on any atom is 0.225 e. The first-order valence-electron chi connectivity index (χ1n) is 9.61. The Kier molecular flexibility index (Phi) is 6.07. The number of hydrogen-bond donors (Lipinski definition) is 1. The van der Waals surface area contributed by atoms with Gasteiger partial charge in [-0.15, -0.1) is 11.8 Å². The smallest absolute Gasteiger partial charge is 0.225 e. The molecule has 0 saturated carbocycles. The largest absolute Gasteiger partial charge is 0.326 e. The third-order valence-electron chi connectivity index (χ3n) is 4.65. The molecule has 0 unspecified atom stereocenters. The lowest BCUT2D eigenvalue weighted by molar-refractivity contribution is -0.115. The van der Waals surface area contributed by atoms with Crippen molar-refractivity contribution >= 4 is 34.3 Å². The van der Waals surface area contributed by atoms with Gasteiger partial charge >= 0.3 is 0 Å². The van der Waals surface area contributed by atoms with Gasteiger partial charge in [-0.1, -0.05) is 60.7 Å². The number of thioether (sulfide) groups is 1. The highest BCUT2D eigenvalue weighted by molar-refractivity contribution is 7.99. The average molecular weight is 410 g/mol. The summed E-state index contributed by atoms with van der Waals surface area (Å²) in [5.41, 5.74) is 4.40. The number of para-hydroxylation sites is 1. The number of benzene rings is 3. The third-order valence-corrected chi connectivity index (χ3v) is 5.65. The van der Waals surface area contributed by atoms with E-state index < -0.39 is 0 Å². The van der Waals surface area contributed by atoms with Crippen molar-refractivity contribution in [2.45, 2.75) is 11.4 Å². The summed E-state index contributed by atoms with van der Waals surface area (Å²) in [5, 5.41) is 13.9. The van der Waals surface area contributed by atoms with E-state index in [2.05, 4.69) is 28.5 Å². The van der Waals surface area contributed by atoms with Crippen molar-refractivity contribution in [2.75, 3.05) is 11.1 Å². The van der Waals surface area contributed by atoms with Gasteiger partial charge in [-0.2, -0.15) is 5.26 Å². The predicted molar refractivity (Wildman–Crippen MR) is 122 cm³/mol. The second-order valence-electron chi connectivity index (χ2n) is 6.74. The van der Waals surface area contributed by atoms with Gasteiger partial charge in [0.15, 0.2) is 0 Å². The van der Waals surface area contributed by atoms with Gasteiger partial charge in [0.1, 0.15) is 11.1 Å². The molecular formula is C25H19N3OS. The number of aromatic nitrogens is 1. The molecule has 4 nitrogen and oxygen atoms in total. The number of rotatable bonds is 6. The lowest BCUT2D eigenvalue weighted by Gasteiger charge is -2.08. The highest BCUT2D eigenvalue weighted by Crippen LogP contribution is 2.25. The summed E-state index contributed by atoms with van der Waals surface area (Å²) in [4.78, 5) is 16.9. The first kappa shape index (κ1) is 19.7. The van der Waals surface area contributed by atoms with E-state index in [1.54, 1.807) is 0 Å². The molecule has 0 fully saturated rings. The Balaban J connectivity index is 1.34. The number of fused-ring (bicyclic) bond motifs is 1. The zero-order valence-corrected chi connectivity index (χ0v) is 17.0. The molecule has 0 aliphatic heterocycles. The zero-order valence-electron chi connectivity index (χ0n) is 16.2. The molecule has 0 saturated heterocycles. The van der Waals surface area contributed by atoms with E-state index in [4.69, 9.17) is 0 Å². The van der Waals surface area contributed by atoms with Crippen LogP contribution < -0.4 is 5.32 Å². The van der Waals surface area contributed by atoms with Gasteiger partial charge in [-0.3, -0.25) is 4.79 Å². The Bertz CT molecular complexity index is 1210. The van der Waals surface area contributed by atoms with Crippen LogP contribution >= 0.6 is 11.8 Å². The molecule has 30 heavy (non-hydrogen) atoms. The van der Waals surface area contributed by atoms with Crippen molar-refractivity contribution in [3.63, 3.8) is 0 Å². The fourth-order valence-electron chi connectivity index (χ4n) is 3.13. The molecule has 0 atom stereocenters. The normalized spacial score (nSPS) is 10.5. The highest BCUT2D eigenvalue weighted by atomic mass is 32.2. The van der Waals surface area contributed by atoms with E-state index in [0.717, 1.165) is 27.7 Å². The molecule has 1 heterocycles. The number of nitriles is 1. The van der Waals surface area contributed by atoms with Gasteiger partial charge in [-0.05, 0) is 35.4 Å². The quantitative estimate of drug-likeness (QED) is 0.403. The van der Waals surface area contributed by atoms with Gasteiger partial charge in [0.2, 0.25) is 5.91 Å². The number of carbonyl (C=O) groups is 1. The number of amides is 1. The van der Waals surface area contributed by atoms with E-state index in [-0.39, 0.29) is 5.91 Å². The van der Waals surface area contributed by atoms with Crippen LogP contribution in [0.2, 0.25) is 0 Å². The maximum atomic E-state index is 12.3. The summed E-state index contributed by atoms with van der Waals surface area (Å²) >= 11 is 1.43. The first-order chi connectivity index (χ1) is 14.7. The number of hydrogen-bond acceptors (Lipinski definition) is 4. The monoisotopic (exact) mass is 409 g/mol. The molecule has 1 amide bonds. The molecule has 3 aromatic carbocycles. The second kappa shape index (κ2) is 9.25. The van der Waals surface area contributed by atoms with Crippen molar-refractivity contribution in [1.29, 1.82) is 5.26 Å². The van der Waals surface area contributed by atoms with Crippen molar-refractivity contribution < 1.29 is 4.79 Å². The zero-order chi connectivity index (χ0) is 20.8. The third kappa shape index (κ3) is 4.68. The standard InChI is InChI=1S/C25H19N3OS/c26-17-21-16-20-8-4-5-9-23(20)28-25(21)30-15-14-24(29)27-22-12-10-19(11-13-22)18-6-2-1-3-7-18/h1-13,16H,14-15H2,(H,27,29). The lowest BCUT2D eigenvalue weighted by Crippen LogP contribution is -2.12. The molecule has 0 radical (unpaired) electrons. The van der Waals surface area contributed by atoms with Crippen LogP contribution in [-0.4, -0.2) is 16.6 Å². The van der Waals surface area contributed by atoms with Crippen LogP contribution in [-0.2, 0) is 4.79 Å². The van der Waals surface area contributed by atoms with Crippen LogP contribution in [0.3, 0.4) is 0 Å². The Morgan fingerprint density at radius 1 is 0.933 bits per heavy atom. The molecule has 146 valence electrons. The van der Waals surface area contributed by atoms with E-state index >= 15 is 0 Å². The Hall–Kier alpha value is -3.62. The van der Waals surface area contributed by atoms with Gasteiger partial charge in [0.25, 0.3) is 0 Å². The number of pyridine rings is 1. The summed E-state index contributed by atoms with van der Waals surface area (Å²) in [6, 6.07) is 29.7. The summed E-state index contributed by atoms with van der Waals surface area (Å²) in [6.45, 7) is 0. The SMILES string of the molecule is N#Cc1cc2ccccc2nc1SCCC(=O)Nc1ccc(-c2ccccc2)cc1. The number of nitrogens with one attached hydrogen (secondary N) is 1. The Morgan fingerprint density at radius 3 is 2.40 bits per heavy atom. The fraction of sp³-hybridized carbons (Fsp3) is 0.0800. The van der Waals surface area contributed by atoms with Gasteiger partial charge in [0.05, 0.1) is 11.1 Å². The molecule has 0 bridgehead atoms. The average Bonchev–Trinajstić information content (AvgIpc) is 2.79. The second-order valence-corrected chi connectivity index (χ2v) is 7.82. The summed E-state index contributed by atoms with van der Waals surface area (Å²) < 4.78 is 0. The maximum absolute atomic E-state index is 12.3. The molecule has 4 aromatic rings. The van der Waals surface area contributed by atoms with E-state index in [0.29, 0.717) is 22.8 Å². The van der Waals surface area contributed by atoms with Crippen molar-refractivity contribution in [1.82, 2.24) is 4.98 Å². The van der Waals surface area contributed by atoms with Gasteiger partial charge < -0.3 is 5.32 Å². The Morgan fingerprint density at radius 2 is 1.63 bits per heavy atom. The molecule has 0 spiro atoms. The number of nitrogens with zero attached hydrogens (tertiary/aromatic N) is 2. The van der Waals surface area contributed by atoms with E-state index in [1.165, 1.54) is 11.8 Å². The Labute approximate surface area is 179 Å². The number of anilines is 1. The molecule has 0 aliphatic rings. The van der Waals surface area contributed by atoms with E-state index in [1.807, 2.05) is 72.8 Å². The predicted octanol–water partition coefficient (Wildman–Crippen LogP) is 5.89. The van der Waals surface area contributed by atoms with Crippen molar-refractivity contribution in [3.05, 3.63) is 90.5 Å². The minimum Gasteiger partial charge on any atom is -0.326 e. The van der Waals surface area contributed by atoms with Crippen LogP contribution in [0.1, 0.15) is 12.0 Å². The van der Waals surface area contributed by atoms with Crippen molar-refractivity contribution in [3.8, 4) is 17.2 Å². The summed E-state index contributed by atoms with van der Waals surface area (Å²) in [6.07, 6.45) is 0.338. The minimum absolute atomic E-state index is 0.0609. The summed E-state index contributed by atoms with van der Waals surface area (Å²) in [7, 11) is 0. The van der Waals surface area contributed by atoms with Crippen LogP contribution in [0.25, 0.3) is 22.0 Å². The van der Waals surface area contributed by atoms with Crippen LogP contribution in [0.15, 0.2) is 90.0 Å². The molecule has 1 N–H and O–H groups in total. The molecule has 4 rings (SSSR count).